The number of hydrazone groups is 1. The molecule has 0 saturated heterocycles. The molecule has 1 heterocycles. The first-order valence-corrected chi connectivity index (χ1v) is 10.1. The molecular weight excluding hydrogens is 382 g/mol. The average Bonchev–Trinajstić information content (AvgIpc) is 3.05. The van der Waals surface area contributed by atoms with Crippen molar-refractivity contribution in [1.29, 1.82) is 0 Å². The van der Waals surface area contributed by atoms with Crippen molar-refractivity contribution in [2.45, 2.75) is 0 Å². The molecule has 31 heavy (non-hydrogen) atoms. The van der Waals surface area contributed by atoms with E-state index in [1.54, 1.807) is 7.11 Å². The van der Waals surface area contributed by atoms with Gasteiger partial charge in [-0.3, -0.25) is 5.43 Å². The van der Waals surface area contributed by atoms with Gasteiger partial charge in [-0.1, -0.05) is 84.9 Å². The Morgan fingerprint density at radius 2 is 1.23 bits per heavy atom. The molecule has 4 heteroatoms. The van der Waals surface area contributed by atoms with Crippen LogP contribution in [0.4, 0.5) is 5.69 Å². The lowest BCUT2D eigenvalue weighted by Gasteiger charge is -2.09. The first-order valence-electron chi connectivity index (χ1n) is 10.1. The highest BCUT2D eigenvalue weighted by Gasteiger charge is 2.16. The number of ether oxygens (including phenoxy) is 1. The van der Waals surface area contributed by atoms with Crippen LogP contribution in [0.2, 0.25) is 0 Å². The van der Waals surface area contributed by atoms with E-state index in [0.717, 1.165) is 50.8 Å². The Morgan fingerprint density at radius 3 is 1.94 bits per heavy atom. The summed E-state index contributed by atoms with van der Waals surface area (Å²) >= 11 is 0. The normalized spacial score (nSPS) is 12.7. The fourth-order valence-corrected chi connectivity index (χ4v) is 3.64. The molecule has 0 radical (unpaired) electrons. The molecule has 0 amide bonds. The van der Waals surface area contributed by atoms with Crippen LogP contribution < -0.4 is 10.2 Å². The molecule has 0 saturated carbocycles. The van der Waals surface area contributed by atoms with Gasteiger partial charge in [-0.25, -0.2) is 4.99 Å². The van der Waals surface area contributed by atoms with E-state index in [4.69, 9.17) is 14.8 Å². The fourth-order valence-electron chi connectivity index (χ4n) is 3.64. The second kappa shape index (κ2) is 8.28. The Bertz CT molecular complexity index is 1260. The van der Waals surface area contributed by atoms with Crippen LogP contribution in [0.5, 0.6) is 5.75 Å². The van der Waals surface area contributed by atoms with Gasteiger partial charge >= 0.3 is 0 Å². The summed E-state index contributed by atoms with van der Waals surface area (Å²) in [6, 6.07) is 34.7. The molecule has 0 atom stereocenters. The molecule has 1 aliphatic rings. The van der Waals surface area contributed by atoms with Gasteiger partial charge in [-0.15, -0.1) is 0 Å². The minimum absolute atomic E-state index is 0.734. The van der Waals surface area contributed by atoms with Crippen molar-refractivity contribution in [2.75, 3.05) is 7.11 Å². The summed E-state index contributed by atoms with van der Waals surface area (Å²) < 4.78 is 5.26. The maximum Gasteiger partial charge on any atom is 0.154 e. The van der Waals surface area contributed by atoms with Gasteiger partial charge in [0.05, 0.1) is 18.5 Å². The van der Waals surface area contributed by atoms with Gasteiger partial charge in [-0.05, 0) is 29.3 Å². The predicted octanol–water partition coefficient (Wildman–Crippen LogP) is 5.80. The number of rotatable bonds is 4. The third-order valence-corrected chi connectivity index (χ3v) is 5.29. The van der Waals surface area contributed by atoms with Gasteiger partial charge in [0.2, 0.25) is 0 Å². The number of hydrogen-bond donors (Lipinski definition) is 1. The van der Waals surface area contributed by atoms with Gasteiger partial charge in [0.15, 0.2) is 5.84 Å². The summed E-state index contributed by atoms with van der Waals surface area (Å²) in [5, 5.41) is 4.74. The Hall–Kier alpha value is -4.18. The van der Waals surface area contributed by atoms with Gasteiger partial charge in [0.25, 0.3) is 0 Å². The summed E-state index contributed by atoms with van der Waals surface area (Å²) in [6.45, 7) is 0. The number of aliphatic imine (C=N–C) groups is 1. The molecule has 0 fully saturated rings. The summed E-state index contributed by atoms with van der Waals surface area (Å²) in [7, 11) is 1.68. The molecule has 1 N–H and O–H groups in total. The van der Waals surface area contributed by atoms with Crippen molar-refractivity contribution in [3.63, 3.8) is 0 Å². The number of benzene rings is 4. The highest BCUT2D eigenvalue weighted by Crippen LogP contribution is 2.27. The molecule has 1 aliphatic heterocycles. The van der Waals surface area contributed by atoms with E-state index in [1.807, 2.05) is 60.7 Å². The first kappa shape index (κ1) is 18.8. The molecule has 0 spiro atoms. The standard InChI is InChI=1S/C27H21N3O/c1-31-23-17-15-20(16-18-23)19-11-13-21(14-12-19)26-24-9-5-6-10-25(24)28-27(30-29-26)22-7-3-2-4-8-22/h2-18H,1H3,(H,28,30). The zero-order valence-electron chi connectivity index (χ0n) is 17.1. The van der Waals surface area contributed by atoms with E-state index in [0.29, 0.717) is 0 Å². The number of methoxy groups -OCH3 is 1. The third kappa shape index (κ3) is 3.83. The van der Waals surface area contributed by atoms with Crippen molar-refractivity contribution >= 4 is 17.2 Å². The van der Waals surface area contributed by atoms with Crippen LogP contribution in [0.15, 0.2) is 113 Å². The van der Waals surface area contributed by atoms with E-state index >= 15 is 0 Å². The van der Waals surface area contributed by atoms with Crippen molar-refractivity contribution in [3.8, 4) is 16.9 Å². The molecule has 0 unspecified atom stereocenters. The molecule has 0 aliphatic carbocycles. The first-order chi connectivity index (χ1) is 15.3. The molecule has 4 nitrogen and oxygen atoms in total. The summed E-state index contributed by atoms with van der Waals surface area (Å²) in [5.41, 5.74) is 10.2. The molecular formula is C27H21N3O. The van der Waals surface area contributed by atoms with E-state index in [-0.39, 0.29) is 0 Å². The number of nitrogens with one attached hydrogen (secondary N) is 1. The van der Waals surface area contributed by atoms with Crippen molar-refractivity contribution < 1.29 is 4.74 Å². The van der Waals surface area contributed by atoms with E-state index in [9.17, 15) is 0 Å². The SMILES string of the molecule is COc1ccc(-c2ccc(C3=NNC(c4ccccc4)=Nc4ccccc43)cc2)cc1. The van der Waals surface area contributed by atoms with Crippen LogP contribution in [0.3, 0.4) is 0 Å². The summed E-state index contributed by atoms with van der Waals surface area (Å²) in [5.74, 6) is 1.59. The van der Waals surface area contributed by atoms with Gasteiger partial charge in [-0.2, -0.15) is 5.10 Å². The molecule has 150 valence electrons. The fraction of sp³-hybridized carbons (Fsp3) is 0.0370. The van der Waals surface area contributed by atoms with E-state index in [2.05, 4.69) is 47.9 Å². The van der Waals surface area contributed by atoms with Crippen LogP contribution in [0.1, 0.15) is 16.7 Å². The zero-order chi connectivity index (χ0) is 21.0. The summed E-state index contributed by atoms with van der Waals surface area (Å²) in [4.78, 5) is 4.85. The van der Waals surface area contributed by atoms with Crippen molar-refractivity contribution in [2.24, 2.45) is 10.1 Å². The largest absolute Gasteiger partial charge is 0.497 e. The minimum atomic E-state index is 0.734. The Labute approximate surface area is 181 Å². The van der Waals surface area contributed by atoms with Crippen LogP contribution in [-0.2, 0) is 0 Å². The lowest BCUT2D eigenvalue weighted by Crippen LogP contribution is -2.19. The third-order valence-electron chi connectivity index (χ3n) is 5.29. The van der Waals surface area contributed by atoms with Gasteiger partial charge in [0.1, 0.15) is 5.75 Å². The van der Waals surface area contributed by atoms with Crippen molar-refractivity contribution in [1.82, 2.24) is 5.43 Å². The van der Waals surface area contributed by atoms with Crippen molar-refractivity contribution in [3.05, 3.63) is 120 Å². The van der Waals surface area contributed by atoms with Gasteiger partial charge in [0, 0.05) is 16.7 Å². The average molecular weight is 403 g/mol. The molecule has 4 aromatic carbocycles. The maximum absolute atomic E-state index is 5.26. The number of hydrogen-bond acceptors (Lipinski definition) is 4. The zero-order valence-corrected chi connectivity index (χ0v) is 17.1. The molecule has 4 aromatic rings. The number of fused-ring (bicyclic) bond motifs is 1. The predicted molar refractivity (Wildman–Crippen MR) is 126 cm³/mol. The Kier molecular flexibility index (Phi) is 5.03. The molecule has 5 rings (SSSR count). The van der Waals surface area contributed by atoms with E-state index in [1.165, 1.54) is 0 Å². The Morgan fingerprint density at radius 1 is 0.613 bits per heavy atom. The molecule has 0 bridgehead atoms. The number of amidine groups is 1. The number of nitrogens with zero attached hydrogens (tertiary/aromatic N) is 2. The monoisotopic (exact) mass is 403 g/mol. The number of para-hydroxylation sites is 1. The Balaban J connectivity index is 1.51. The van der Waals surface area contributed by atoms with Crippen LogP contribution >= 0.6 is 0 Å². The second-order valence-corrected chi connectivity index (χ2v) is 7.22. The lowest BCUT2D eigenvalue weighted by molar-refractivity contribution is 0.415. The van der Waals surface area contributed by atoms with Gasteiger partial charge < -0.3 is 4.74 Å². The van der Waals surface area contributed by atoms with Crippen LogP contribution in [0.25, 0.3) is 11.1 Å². The smallest absolute Gasteiger partial charge is 0.154 e. The maximum atomic E-state index is 5.26. The minimum Gasteiger partial charge on any atom is -0.497 e. The quantitative estimate of drug-likeness (QED) is 0.468. The lowest BCUT2D eigenvalue weighted by atomic mass is 9.98. The second-order valence-electron chi connectivity index (χ2n) is 7.22. The van der Waals surface area contributed by atoms with Crippen LogP contribution in [0, 0.1) is 0 Å². The van der Waals surface area contributed by atoms with Crippen LogP contribution in [-0.4, -0.2) is 18.7 Å². The highest BCUT2D eigenvalue weighted by molar-refractivity contribution is 6.18. The summed E-state index contributed by atoms with van der Waals surface area (Å²) in [6.07, 6.45) is 0. The topological polar surface area (TPSA) is 46.0 Å². The van der Waals surface area contributed by atoms with E-state index < -0.39 is 0 Å². The molecule has 0 aromatic heterocycles. The highest BCUT2D eigenvalue weighted by atomic mass is 16.5.